The topological polar surface area (TPSA) is 96.7 Å². The quantitative estimate of drug-likeness (QED) is 0.255. The number of amides is 2. The van der Waals surface area contributed by atoms with Crippen LogP contribution in [0.4, 0.5) is 4.39 Å². The second kappa shape index (κ2) is 11.1. The van der Waals surface area contributed by atoms with E-state index >= 15 is 0 Å². The summed E-state index contributed by atoms with van der Waals surface area (Å²) < 4.78 is 24.2. The Morgan fingerprint density at radius 1 is 1.12 bits per heavy atom. The second-order valence-electron chi connectivity index (χ2n) is 7.57. The lowest BCUT2D eigenvalue weighted by molar-refractivity contribution is -0.141. The molecule has 1 aliphatic heterocycles. The van der Waals surface area contributed by atoms with Crippen molar-refractivity contribution in [1.29, 1.82) is 5.26 Å². The number of hydrogen-bond acceptors (Lipinski definition) is 6. The zero-order valence-electron chi connectivity index (χ0n) is 18.8. The van der Waals surface area contributed by atoms with E-state index in [1.54, 1.807) is 55.5 Å². The highest BCUT2D eigenvalue weighted by Gasteiger charge is 2.35. The number of hydrogen-bond donors (Lipinski definition) is 0. The number of halogens is 1. The lowest BCUT2D eigenvalue weighted by atomic mass is 9.93. The average Bonchev–Trinajstić information content (AvgIpc) is 2.81. The molecular weight excluding hydrogens is 439 g/mol. The molecule has 174 valence electrons. The van der Waals surface area contributed by atoms with Crippen LogP contribution >= 0.6 is 0 Å². The maximum Gasteiger partial charge on any atom is 0.302 e. The van der Waals surface area contributed by atoms with Gasteiger partial charge in [-0.05, 0) is 48.8 Å². The van der Waals surface area contributed by atoms with E-state index in [1.165, 1.54) is 13.0 Å². The Morgan fingerprint density at radius 2 is 1.82 bits per heavy atom. The molecular formula is C26H23FN2O5. The van der Waals surface area contributed by atoms with Crippen LogP contribution in [0.2, 0.25) is 0 Å². The van der Waals surface area contributed by atoms with Crippen molar-refractivity contribution >= 4 is 23.9 Å². The zero-order valence-corrected chi connectivity index (χ0v) is 18.8. The van der Waals surface area contributed by atoms with Gasteiger partial charge >= 0.3 is 5.97 Å². The Kier molecular flexibility index (Phi) is 7.93. The number of rotatable bonds is 8. The van der Waals surface area contributed by atoms with Gasteiger partial charge in [-0.25, -0.2) is 4.39 Å². The lowest BCUT2D eigenvalue weighted by Crippen LogP contribution is -2.43. The first-order chi connectivity index (χ1) is 16.3. The number of carbonyl (C=O) groups is 3. The van der Waals surface area contributed by atoms with Gasteiger partial charge in [0.2, 0.25) is 0 Å². The first-order valence-electron chi connectivity index (χ1n) is 10.6. The zero-order chi connectivity index (χ0) is 24.7. The van der Waals surface area contributed by atoms with E-state index in [4.69, 9.17) is 9.47 Å². The van der Waals surface area contributed by atoms with Crippen LogP contribution in [0.25, 0.3) is 6.08 Å². The molecule has 0 atom stereocenters. The normalized spacial score (nSPS) is 14.9. The van der Waals surface area contributed by atoms with Gasteiger partial charge in [0.15, 0.2) is 0 Å². The Balaban J connectivity index is 1.76. The largest absolute Gasteiger partial charge is 0.489 e. The second-order valence-corrected chi connectivity index (χ2v) is 7.57. The summed E-state index contributed by atoms with van der Waals surface area (Å²) in [5, 5.41) is 9.47. The Labute approximate surface area is 196 Å². The van der Waals surface area contributed by atoms with E-state index in [0.717, 1.165) is 4.90 Å². The minimum absolute atomic E-state index is 0.0174. The third-order valence-corrected chi connectivity index (χ3v) is 5.20. The first-order valence-corrected chi connectivity index (χ1v) is 10.6. The van der Waals surface area contributed by atoms with E-state index in [0.29, 0.717) is 22.4 Å². The van der Waals surface area contributed by atoms with Crippen molar-refractivity contribution in [2.75, 3.05) is 13.2 Å². The minimum Gasteiger partial charge on any atom is -0.489 e. The Bertz CT molecular complexity index is 1210. The summed E-state index contributed by atoms with van der Waals surface area (Å²) in [6.45, 7) is 2.98. The van der Waals surface area contributed by atoms with Crippen molar-refractivity contribution in [3.05, 3.63) is 82.2 Å². The summed E-state index contributed by atoms with van der Waals surface area (Å²) in [6, 6.07) is 15.0. The smallest absolute Gasteiger partial charge is 0.302 e. The minimum atomic E-state index is -0.665. The van der Waals surface area contributed by atoms with Crippen LogP contribution in [0.5, 0.6) is 5.75 Å². The van der Waals surface area contributed by atoms with E-state index in [-0.39, 0.29) is 43.1 Å². The fourth-order valence-electron chi connectivity index (χ4n) is 3.37. The molecule has 0 radical (unpaired) electrons. The third kappa shape index (κ3) is 5.75. The van der Waals surface area contributed by atoms with Gasteiger partial charge in [-0.1, -0.05) is 30.3 Å². The predicted octanol–water partition coefficient (Wildman–Crippen LogP) is 3.95. The summed E-state index contributed by atoms with van der Waals surface area (Å²) >= 11 is 0. The van der Waals surface area contributed by atoms with Gasteiger partial charge < -0.3 is 9.47 Å². The van der Waals surface area contributed by atoms with Gasteiger partial charge in [0, 0.05) is 24.6 Å². The molecule has 8 heteroatoms. The van der Waals surface area contributed by atoms with Gasteiger partial charge in [0.1, 0.15) is 29.8 Å². The molecule has 0 spiro atoms. The highest BCUT2D eigenvalue weighted by molar-refractivity contribution is 6.19. The van der Waals surface area contributed by atoms with Crippen LogP contribution in [0.15, 0.2) is 65.3 Å². The molecule has 2 aromatic carbocycles. The standard InChI is InChI=1S/C26H23FN2O5/c1-17-22(25(31)29(26(32)23(17)15-28)12-5-13-33-18(2)30)14-19-8-10-21(11-9-19)34-16-20-6-3-4-7-24(20)27/h3-4,6-11,14H,5,12-13,16H2,1-2H3/b22-14+. The third-order valence-electron chi connectivity index (χ3n) is 5.20. The summed E-state index contributed by atoms with van der Waals surface area (Å²) in [4.78, 5) is 37.5. The van der Waals surface area contributed by atoms with E-state index in [1.807, 2.05) is 6.07 Å². The van der Waals surface area contributed by atoms with Gasteiger partial charge in [0.05, 0.1) is 6.61 Å². The fraction of sp³-hybridized carbons (Fsp3) is 0.231. The van der Waals surface area contributed by atoms with Crippen LogP contribution < -0.4 is 4.74 Å². The lowest BCUT2D eigenvalue weighted by Gasteiger charge is -2.27. The van der Waals surface area contributed by atoms with E-state index < -0.39 is 17.8 Å². The highest BCUT2D eigenvalue weighted by Crippen LogP contribution is 2.27. The number of benzene rings is 2. The fourth-order valence-corrected chi connectivity index (χ4v) is 3.37. The molecule has 2 amide bonds. The molecule has 0 saturated carbocycles. The van der Waals surface area contributed by atoms with Crippen LogP contribution in [0.3, 0.4) is 0 Å². The molecule has 0 N–H and O–H groups in total. The van der Waals surface area contributed by atoms with Gasteiger partial charge in [-0.3, -0.25) is 19.3 Å². The van der Waals surface area contributed by atoms with Crippen molar-refractivity contribution in [3.63, 3.8) is 0 Å². The molecule has 1 heterocycles. The Morgan fingerprint density at radius 3 is 2.47 bits per heavy atom. The average molecular weight is 462 g/mol. The van der Waals surface area contributed by atoms with E-state index in [2.05, 4.69) is 0 Å². The summed E-state index contributed by atoms with van der Waals surface area (Å²) in [6.07, 6.45) is 1.86. The number of nitrogens with zero attached hydrogens (tertiary/aromatic N) is 2. The SMILES string of the molecule is CC(=O)OCCCN1C(=O)C(C#N)=C(C)/C(=C\c2ccc(OCc3ccccc3F)cc2)C1=O. The molecule has 34 heavy (non-hydrogen) atoms. The van der Waals surface area contributed by atoms with Gasteiger partial charge in [-0.15, -0.1) is 0 Å². The number of imide groups is 1. The monoisotopic (exact) mass is 462 g/mol. The maximum atomic E-state index is 13.7. The Hall–Kier alpha value is -4.25. The van der Waals surface area contributed by atoms with Crippen LogP contribution in [0.1, 0.15) is 31.4 Å². The molecule has 0 unspecified atom stereocenters. The van der Waals surface area contributed by atoms with Crippen molar-refractivity contribution in [2.24, 2.45) is 0 Å². The summed E-state index contributed by atoms with van der Waals surface area (Å²) in [5.74, 6) is -1.47. The van der Waals surface area contributed by atoms with Crippen molar-refractivity contribution < 1.29 is 28.2 Å². The van der Waals surface area contributed by atoms with Crippen LogP contribution in [-0.4, -0.2) is 35.8 Å². The molecule has 1 aliphatic rings. The first kappa shape index (κ1) is 24.4. The number of ether oxygens (including phenoxy) is 2. The van der Waals surface area contributed by atoms with E-state index in [9.17, 15) is 24.0 Å². The van der Waals surface area contributed by atoms with Crippen molar-refractivity contribution in [3.8, 4) is 11.8 Å². The number of nitriles is 1. The van der Waals surface area contributed by atoms with Crippen molar-refractivity contribution in [2.45, 2.75) is 26.9 Å². The predicted molar refractivity (Wildman–Crippen MR) is 121 cm³/mol. The van der Waals surface area contributed by atoms with Gasteiger partial charge in [0.25, 0.3) is 11.8 Å². The summed E-state index contributed by atoms with van der Waals surface area (Å²) in [7, 11) is 0. The summed E-state index contributed by atoms with van der Waals surface area (Å²) in [5.41, 5.74) is 1.51. The van der Waals surface area contributed by atoms with Gasteiger partial charge in [-0.2, -0.15) is 5.26 Å². The molecule has 0 bridgehead atoms. The molecule has 3 rings (SSSR count). The highest BCUT2D eigenvalue weighted by atomic mass is 19.1. The van der Waals surface area contributed by atoms with Crippen molar-refractivity contribution in [1.82, 2.24) is 4.90 Å². The van der Waals surface area contributed by atoms with Crippen LogP contribution in [-0.2, 0) is 25.7 Å². The molecule has 0 aromatic heterocycles. The maximum absolute atomic E-state index is 13.7. The number of carbonyl (C=O) groups excluding carboxylic acids is 3. The molecule has 0 aliphatic carbocycles. The van der Waals surface area contributed by atoms with Crippen LogP contribution in [0, 0.1) is 17.1 Å². The molecule has 0 fully saturated rings. The number of esters is 1. The molecule has 7 nitrogen and oxygen atoms in total. The molecule has 2 aromatic rings. The molecule has 0 saturated heterocycles.